The molecule has 5 nitrogen and oxygen atoms in total. The third-order valence-corrected chi connectivity index (χ3v) is 6.81. The third kappa shape index (κ3) is 5.37. The van der Waals surface area contributed by atoms with Crippen LogP contribution in [0.3, 0.4) is 0 Å². The number of rotatable bonds is 6. The lowest BCUT2D eigenvalue weighted by molar-refractivity contribution is -0.269. The second-order valence-electron chi connectivity index (χ2n) is 9.05. The number of aromatic nitrogens is 2. The fourth-order valence-corrected chi connectivity index (χ4v) is 4.90. The lowest BCUT2D eigenvalue weighted by atomic mass is 9.80. The molecule has 0 unspecified atom stereocenters. The minimum atomic E-state index is -4.76. The highest BCUT2D eigenvalue weighted by Crippen LogP contribution is 2.43. The molecule has 1 aromatic rings. The summed E-state index contributed by atoms with van der Waals surface area (Å²) in [5, 5.41) is 6.66. The summed E-state index contributed by atoms with van der Waals surface area (Å²) < 4.78 is 49.5. The zero-order valence-electron chi connectivity index (χ0n) is 18.1. The van der Waals surface area contributed by atoms with Gasteiger partial charge < -0.3 is 10.1 Å². The summed E-state index contributed by atoms with van der Waals surface area (Å²) in [6, 6.07) is 1.75. The molecule has 0 bridgehead atoms. The van der Waals surface area contributed by atoms with Crippen molar-refractivity contribution >= 4 is 5.91 Å². The maximum Gasteiger partial charge on any atom is 0.426 e. The predicted octanol–water partition coefficient (Wildman–Crippen LogP) is 4.82. The van der Waals surface area contributed by atoms with Crippen LogP contribution in [0.5, 0.6) is 0 Å². The van der Waals surface area contributed by atoms with Crippen LogP contribution in [0.15, 0.2) is 6.07 Å². The Morgan fingerprint density at radius 2 is 1.87 bits per heavy atom. The zero-order valence-corrected chi connectivity index (χ0v) is 18.1. The topological polar surface area (TPSA) is 56.1 Å². The number of carbonyl (C=O) groups is 1. The van der Waals surface area contributed by atoms with Gasteiger partial charge in [-0.25, -0.2) is 0 Å². The van der Waals surface area contributed by atoms with Crippen molar-refractivity contribution in [2.75, 3.05) is 6.61 Å². The van der Waals surface area contributed by atoms with E-state index in [1.807, 2.05) is 6.92 Å². The first-order chi connectivity index (χ1) is 14.2. The lowest BCUT2D eigenvalue weighted by Crippen LogP contribution is -2.59. The summed E-state index contributed by atoms with van der Waals surface area (Å²) in [6.07, 6.45) is 3.93. The number of carbonyl (C=O) groups excluding carboxylic acids is 1. The Morgan fingerprint density at radius 3 is 2.50 bits per heavy atom. The molecule has 2 atom stereocenters. The molecule has 0 radical (unpaired) electrons. The molecular weight excluding hydrogens is 395 g/mol. The number of ether oxygens (including phenoxy) is 1. The van der Waals surface area contributed by atoms with Gasteiger partial charge in [-0.05, 0) is 44.1 Å². The van der Waals surface area contributed by atoms with Gasteiger partial charge in [0, 0.05) is 19.3 Å². The van der Waals surface area contributed by atoms with Gasteiger partial charge in [-0.3, -0.25) is 9.48 Å². The predicted molar refractivity (Wildman–Crippen MR) is 108 cm³/mol. The highest BCUT2D eigenvalue weighted by molar-refractivity contribution is 5.86. The molecule has 1 amide bonds. The summed E-state index contributed by atoms with van der Waals surface area (Å²) in [6.45, 7) is 1.75. The van der Waals surface area contributed by atoms with E-state index in [2.05, 4.69) is 10.4 Å². The second-order valence-corrected chi connectivity index (χ2v) is 9.05. The smallest absolute Gasteiger partial charge is 0.357 e. The zero-order chi connectivity index (χ0) is 21.8. The molecule has 0 aromatic carbocycles. The first kappa shape index (κ1) is 23.1. The van der Waals surface area contributed by atoms with Gasteiger partial charge in [0.25, 0.3) is 5.91 Å². The molecular formula is C22H34F3N3O2. The quantitative estimate of drug-likeness (QED) is 0.705. The van der Waals surface area contributed by atoms with Crippen LogP contribution in [-0.4, -0.2) is 34.1 Å². The molecule has 0 spiro atoms. The highest BCUT2D eigenvalue weighted by Gasteiger charge is 2.62. The van der Waals surface area contributed by atoms with E-state index in [1.54, 1.807) is 17.8 Å². The SMILES string of the molecule is Cc1cc(CNC(=O)[C@]2(C(F)(F)F)C[C@H](CCC3CCCCC3)CCCO2)nn1C. The van der Waals surface area contributed by atoms with Crippen LogP contribution in [0.2, 0.25) is 0 Å². The molecule has 1 aliphatic heterocycles. The summed E-state index contributed by atoms with van der Waals surface area (Å²) in [5.74, 6) is -0.633. The van der Waals surface area contributed by atoms with E-state index < -0.39 is 17.7 Å². The van der Waals surface area contributed by atoms with Crippen LogP contribution in [-0.2, 0) is 23.1 Å². The number of nitrogens with zero attached hydrogens (tertiary/aromatic N) is 2. The summed E-state index contributed by atoms with van der Waals surface area (Å²) >= 11 is 0. The Labute approximate surface area is 176 Å². The molecule has 3 rings (SSSR count). The van der Waals surface area contributed by atoms with E-state index in [-0.39, 0.29) is 25.5 Å². The van der Waals surface area contributed by atoms with Crippen molar-refractivity contribution in [2.45, 2.75) is 89.5 Å². The Bertz CT molecular complexity index is 693. The number of halogens is 3. The standard InChI is InChI=1S/C22H34F3N3O2/c1-16-13-19(27-28(16)2)15-26-20(29)21(22(23,24)25)14-18(9-6-12-30-21)11-10-17-7-4-3-5-8-17/h13,17-18H,3-12,14-15H2,1-2H3,(H,26,29)/t18-,21-/m0/s1. The normalized spacial score (nSPS) is 26.4. The maximum atomic E-state index is 14.2. The maximum absolute atomic E-state index is 14.2. The third-order valence-electron chi connectivity index (χ3n) is 6.81. The van der Waals surface area contributed by atoms with E-state index in [1.165, 1.54) is 32.1 Å². The molecule has 30 heavy (non-hydrogen) atoms. The molecule has 170 valence electrons. The Morgan fingerprint density at radius 1 is 1.20 bits per heavy atom. The van der Waals surface area contributed by atoms with Crippen molar-refractivity contribution in [3.8, 4) is 0 Å². The van der Waals surface area contributed by atoms with Crippen molar-refractivity contribution < 1.29 is 22.7 Å². The monoisotopic (exact) mass is 429 g/mol. The number of hydrogen-bond donors (Lipinski definition) is 1. The van der Waals surface area contributed by atoms with Crippen molar-refractivity contribution in [3.05, 3.63) is 17.5 Å². The van der Waals surface area contributed by atoms with Gasteiger partial charge in [0.15, 0.2) is 0 Å². The first-order valence-corrected chi connectivity index (χ1v) is 11.2. The van der Waals surface area contributed by atoms with Gasteiger partial charge in [0.2, 0.25) is 5.60 Å². The van der Waals surface area contributed by atoms with Crippen LogP contribution in [0, 0.1) is 18.8 Å². The van der Waals surface area contributed by atoms with Gasteiger partial charge in [0.05, 0.1) is 12.2 Å². The van der Waals surface area contributed by atoms with Crippen molar-refractivity contribution in [1.29, 1.82) is 0 Å². The highest BCUT2D eigenvalue weighted by atomic mass is 19.4. The van der Waals surface area contributed by atoms with Crippen LogP contribution < -0.4 is 5.32 Å². The minimum Gasteiger partial charge on any atom is -0.357 e. The molecule has 1 saturated carbocycles. The minimum absolute atomic E-state index is 0.0461. The Hall–Kier alpha value is -1.57. The van der Waals surface area contributed by atoms with Crippen LogP contribution >= 0.6 is 0 Å². The Kier molecular flexibility index (Phi) is 7.47. The van der Waals surface area contributed by atoms with Gasteiger partial charge >= 0.3 is 6.18 Å². The largest absolute Gasteiger partial charge is 0.426 e. The van der Waals surface area contributed by atoms with Crippen molar-refractivity contribution in [1.82, 2.24) is 15.1 Å². The molecule has 2 aliphatic rings. The first-order valence-electron chi connectivity index (χ1n) is 11.2. The van der Waals surface area contributed by atoms with E-state index >= 15 is 0 Å². The van der Waals surface area contributed by atoms with Gasteiger partial charge in [0.1, 0.15) is 0 Å². The van der Waals surface area contributed by atoms with Crippen molar-refractivity contribution in [3.63, 3.8) is 0 Å². The fraction of sp³-hybridized carbons (Fsp3) is 0.818. The summed E-state index contributed by atoms with van der Waals surface area (Å²) in [5.41, 5.74) is -1.37. The van der Waals surface area contributed by atoms with Crippen LogP contribution in [0.4, 0.5) is 13.2 Å². The molecule has 1 aliphatic carbocycles. The number of amides is 1. The number of hydrogen-bond acceptors (Lipinski definition) is 3. The lowest BCUT2D eigenvalue weighted by Gasteiger charge is -2.35. The molecule has 8 heteroatoms. The Balaban J connectivity index is 1.68. The van der Waals surface area contributed by atoms with Gasteiger partial charge in [-0.1, -0.05) is 44.9 Å². The fourth-order valence-electron chi connectivity index (χ4n) is 4.90. The summed E-state index contributed by atoms with van der Waals surface area (Å²) in [4.78, 5) is 12.8. The van der Waals surface area contributed by atoms with Crippen molar-refractivity contribution in [2.24, 2.45) is 18.9 Å². The number of nitrogens with one attached hydrogen (secondary N) is 1. The van der Waals surface area contributed by atoms with E-state index in [0.29, 0.717) is 24.5 Å². The molecule has 2 fully saturated rings. The van der Waals surface area contributed by atoms with Gasteiger partial charge in [-0.15, -0.1) is 0 Å². The second kappa shape index (κ2) is 9.71. The number of aryl methyl sites for hydroxylation is 2. The average molecular weight is 430 g/mol. The van der Waals surface area contributed by atoms with Crippen LogP contribution in [0.25, 0.3) is 0 Å². The average Bonchev–Trinajstić information content (AvgIpc) is 2.90. The molecule has 1 aromatic heterocycles. The van der Waals surface area contributed by atoms with E-state index in [9.17, 15) is 18.0 Å². The molecule has 2 heterocycles. The van der Waals surface area contributed by atoms with Crippen LogP contribution in [0.1, 0.15) is 75.6 Å². The molecule has 1 saturated heterocycles. The number of alkyl halides is 3. The molecule has 1 N–H and O–H groups in total. The van der Waals surface area contributed by atoms with E-state index in [4.69, 9.17) is 4.74 Å². The summed E-state index contributed by atoms with van der Waals surface area (Å²) in [7, 11) is 1.75. The van der Waals surface area contributed by atoms with E-state index in [0.717, 1.165) is 18.5 Å². The van der Waals surface area contributed by atoms with Gasteiger partial charge in [-0.2, -0.15) is 18.3 Å².